The van der Waals surface area contributed by atoms with Crippen molar-refractivity contribution in [2.45, 2.75) is 12.1 Å². The standard InChI is InChI=1S/C12H15ClF3NO2S/c1-17-7-8-5-9(13)11(10(6-8)18-2)19-3-4-20-12(14,15)16/h5-6,17H,3-4,7H2,1-2H3. The van der Waals surface area contributed by atoms with E-state index in [4.69, 9.17) is 21.1 Å². The molecular formula is C12H15ClF3NO2S. The Labute approximate surface area is 124 Å². The van der Waals surface area contributed by atoms with E-state index in [0.29, 0.717) is 17.3 Å². The van der Waals surface area contributed by atoms with Crippen molar-refractivity contribution in [2.75, 3.05) is 26.5 Å². The summed E-state index contributed by atoms with van der Waals surface area (Å²) in [5.41, 5.74) is -3.36. The molecule has 0 spiro atoms. The largest absolute Gasteiger partial charge is 0.493 e. The minimum Gasteiger partial charge on any atom is -0.493 e. The van der Waals surface area contributed by atoms with Crippen molar-refractivity contribution in [3.63, 3.8) is 0 Å². The van der Waals surface area contributed by atoms with E-state index in [1.165, 1.54) is 7.11 Å². The van der Waals surface area contributed by atoms with Gasteiger partial charge in [0.1, 0.15) is 0 Å². The number of hydrogen-bond acceptors (Lipinski definition) is 4. The maximum atomic E-state index is 12.0. The monoisotopic (exact) mass is 329 g/mol. The Balaban J connectivity index is 2.69. The highest BCUT2D eigenvalue weighted by Gasteiger charge is 2.27. The van der Waals surface area contributed by atoms with Gasteiger partial charge in [0, 0.05) is 12.3 Å². The summed E-state index contributed by atoms with van der Waals surface area (Å²) in [5, 5.41) is 3.28. The quantitative estimate of drug-likeness (QED) is 0.773. The van der Waals surface area contributed by atoms with Crippen LogP contribution in [0.25, 0.3) is 0 Å². The Morgan fingerprint density at radius 3 is 2.60 bits per heavy atom. The van der Waals surface area contributed by atoms with Crippen LogP contribution < -0.4 is 14.8 Å². The predicted molar refractivity (Wildman–Crippen MR) is 74.8 cm³/mol. The summed E-state index contributed by atoms with van der Waals surface area (Å²) in [4.78, 5) is 0. The molecule has 1 N–H and O–H groups in total. The van der Waals surface area contributed by atoms with Gasteiger partial charge in [0.15, 0.2) is 11.5 Å². The minimum absolute atomic E-state index is 0.106. The molecule has 8 heteroatoms. The molecule has 0 amide bonds. The molecule has 0 aromatic heterocycles. The topological polar surface area (TPSA) is 30.5 Å². The zero-order chi connectivity index (χ0) is 15.2. The molecule has 0 saturated carbocycles. The van der Waals surface area contributed by atoms with E-state index in [-0.39, 0.29) is 29.9 Å². The highest BCUT2D eigenvalue weighted by Crippen LogP contribution is 2.37. The van der Waals surface area contributed by atoms with Crippen LogP contribution in [0.1, 0.15) is 5.56 Å². The molecule has 0 fully saturated rings. The molecule has 0 aliphatic rings. The fraction of sp³-hybridized carbons (Fsp3) is 0.500. The van der Waals surface area contributed by atoms with Gasteiger partial charge in [0.2, 0.25) is 0 Å². The lowest BCUT2D eigenvalue weighted by atomic mass is 10.2. The fourth-order valence-electron chi connectivity index (χ4n) is 1.52. The Hall–Kier alpha value is -0.790. The van der Waals surface area contributed by atoms with Gasteiger partial charge in [0.25, 0.3) is 0 Å². The first kappa shape index (κ1) is 17.3. The molecular weight excluding hydrogens is 315 g/mol. The van der Waals surface area contributed by atoms with Crippen molar-refractivity contribution in [1.82, 2.24) is 5.32 Å². The summed E-state index contributed by atoms with van der Waals surface area (Å²) in [7, 11) is 3.24. The summed E-state index contributed by atoms with van der Waals surface area (Å²) in [6, 6.07) is 3.42. The second-order valence-electron chi connectivity index (χ2n) is 3.78. The van der Waals surface area contributed by atoms with Gasteiger partial charge in [-0.15, -0.1) is 0 Å². The molecule has 0 atom stereocenters. The van der Waals surface area contributed by atoms with Gasteiger partial charge in [-0.2, -0.15) is 13.2 Å². The van der Waals surface area contributed by atoms with E-state index < -0.39 is 5.51 Å². The normalized spacial score (nSPS) is 11.5. The molecule has 0 bridgehead atoms. The molecule has 1 aromatic rings. The van der Waals surface area contributed by atoms with E-state index in [2.05, 4.69) is 5.32 Å². The Bertz CT molecular complexity index is 443. The van der Waals surface area contributed by atoms with E-state index in [1.807, 2.05) is 0 Å². The van der Waals surface area contributed by atoms with Gasteiger partial charge in [-0.3, -0.25) is 0 Å². The average Bonchev–Trinajstić information content (AvgIpc) is 2.35. The molecule has 1 rings (SSSR count). The van der Waals surface area contributed by atoms with E-state index in [0.717, 1.165) is 5.56 Å². The third kappa shape index (κ3) is 5.68. The SMILES string of the molecule is CNCc1cc(Cl)c(OCCSC(F)(F)F)c(OC)c1. The third-order valence-corrected chi connectivity index (χ3v) is 3.24. The van der Waals surface area contributed by atoms with Crippen LogP contribution >= 0.6 is 23.4 Å². The van der Waals surface area contributed by atoms with Crippen molar-refractivity contribution < 1.29 is 22.6 Å². The van der Waals surface area contributed by atoms with Crippen LogP contribution in [0.4, 0.5) is 13.2 Å². The van der Waals surface area contributed by atoms with Crippen LogP contribution in [0.2, 0.25) is 5.02 Å². The van der Waals surface area contributed by atoms with Gasteiger partial charge >= 0.3 is 5.51 Å². The maximum absolute atomic E-state index is 12.0. The number of nitrogens with one attached hydrogen (secondary N) is 1. The van der Waals surface area contributed by atoms with Crippen molar-refractivity contribution >= 4 is 23.4 Å². The zero-order valence-corrected chi connectivity index (χ0v) is 12.6. The minimum atomic E-state index is -4.26. The zero-order valence-electron chi connectivity index (χ0n) is 11.0. The van der Waals surface area contributed by atoms with E-state index >= 15 is 0 Å². The summed E-state index contributed by atoms with van der Waals surface area (Å²) >= 11 is 5.92. The molecule has 0 heterocycles. The number of hydrogen-bond donors (Lipinski definition) is 1. The maximum Gasteiger partial charge on any atom is 0.441 e. The Morgan fingerprint density at radius 2 is 2.05 bits per heavy atom. The van der Waals surface area contributed by atoms with Gasteiger partial charge in [0.05, 0.1) is 18.7 Å². The highest BCUT2D eigenvalue weighted by atomic mass is 35.5. The van der Waals surface area contributed by atoms with E-state index in [1.54, 1.807) is 19.2 Å². The van der Waals surface area contributed by atoms with E-state index in [9.17, 15) is 13.2 Å². The Morgan fingerprint density at radius 1 is 1.35 bits per heavy atom. The summed E-state index contributed by atoms with van der Waals surface area (Å²) in [6.07, 6.45) is 0. The lowest BCUT2D eigenvalue weighted by Gasteiger charge is -2.14. The number of halogens is 4. The fourth-order valence-corrected chi connectivity index (χ4v) is 2.21. The van der Waals surface area contributed by atoms with Gasteiger partial charge in [-0.25, -0.2) is 0 Å². The second kappa shape index (κ2) is 7.85. The molecule has 0 saturated heterocycles. The van der Waals surface area contributed by atoms with Gasteiger partial charge < -0.3 is 14.8 Å². The molecule has 20 heavy (non-hydrogen) atoms. The molecule has 0 radical (unpaired) electrons. The molecule has 0 aliphatic carbocycles. The Kier molecular flexibility index (Phi) is 6.78. The summed E-state index contributed by atoms with van der Waals surface area (Å²) < 4.78 is 46.4. The van der Waals surface area contributed by atoms with Crippen molar-refractivity contribution in [2.24, 2.45) is 0 Å². The third-order valence-electron chi connectivity index (χ3n) is 2.27. The average molecular weight is 330 g/mol. The predicted octanol–water partition coefficient (Wildman–Crippen LogP) is 3.70. The van der Waals surface area contributed by atoms with Crippen molar-refractivity contribution in [3.05, 3.63) is 22.7 Å². The highest BCUT2D eigenvalue weighted by molar-refractivity contribution is 8.00. The molecule has 114 valence electrons. The molecule has 1 aromatic carbocycles. The number of rotatable bonds is 7. The number of alkyl halides is 3. The van der Waals surface area contributed by atoms with Crippen LogP contribution in [0.3, 0.4) is 0 Å². The van der Waals surface area contributed by atoms with Gasteiger partial charge in [-0.05, 0) is 36.5 Å². The smallest absolute Gasteiger partial charge is 0.441 e. The van der Waals surface area contributed by atoms with Crippen LogP contribution in [0.15, 0.2) is 12.1 Å². The first-order valence-corrected chi connectivity index (χ1v) is 7.08. The second-order valence-corrected chi connectivity index (χ2v) is 5.35. The number of methoxy groups -OCH3 is 1. The molecule has 3 nitrogen and oxygen atoms in total. The number of ether oxygens (including phenoxy) is 2. The van der Waals surface area contributed by atoms with Crippen LogP contribution in [-0.2, 0) is 6.54 Å². The first-order valence-electron chi connectivity index (χ1n) is 5.72. The first-order chi connectivity index (χ1) is 9.37. The van der Waals surface area contributed by atoms with Gasteiger partial charge in [-0.1, -0.05) is 11.6 Å². The number of thioether (sulfide) groups is 1. The summed E-state index contributed by atoms with van der Waals surface area (Å²) in [6.45, 7) is 0.492. The molecule has 0 aliphatic heterocycles. The summed E-state index contributed by atoms with van der Waals surface area (Å²) in [5.74, 6) is 0.456. The molecule has 0 unspecified atom stereocenters. The van der Waals surface area contributed by atoms with Crippen LogP contribution in [0.5, 0.6) is 11.5 Å². The van der Waals surface area contributed by atoms with Crippen LogP contribution in [-0.4, -0.2) is 32.0 Å². The lowest BCUT2D eigenvalue weighted by molar-refractivity contribution is -0.0329. The van der Waals surface area contributed by atoms with Crippen molar-refractivity contribution in [3.8, 4) is 11.5 Å². The van der Waals surface area contributed by atoms with Crippen LogP contribution in [0, 0.1) is 0 Å². The number of benzene rings is 1. The van der Waals surface area contributed by atoms with Crippen molar-refractivity contribution in [1.29, 1.82) is 0 Å². The lowest BCUT2D eigenvalue weighted by Crippen LogP contribution is -2.09.